The van der Waals surface area contributed by atoms with Crippen LogP contribution in [0.25, 0.3) is 0 Å². The highest BCUT2D eigenvalue weighted by Crippen LogP contribution is 2.27. The van der Waals surface area contributed by atoms with Gasteiger partial charge in [0.15, 0.2) is 0 Å². The van der Waals surface area contributed by atoms with Crippen LogP contribution in [0.2, 0.25) is 0 Å². The summed E-state index contributed by atoms with van der Waals surface area (Å²) in [6, 6.07) is 6.11. The Morgan fingerprint density at radius 2 is 2.32 bits per heavy atom. The molecule has 0 bridgehead atoms. The SMILES string of the molecule is CN(Cc1ccco1)c1nc2c(cc1CN)CCC2. The highest BCUT2D eigenvalue weighted by atomic mass is 16.3. The lowest BCUT2D eigenvalue weighted by Crippen LogP contribution is -2.21. The fourth-order valence-electron chi connectivity index (χ4n) is 2.70. The van der Waals surface area contributed by atoms with Crippen molar-refractivity contribution < 1.29 is 4.42 Å². The number of furan rings is 1. The van der Waals surface area contributed by atoms with Gasteiger partial charge in [0.2, 0.25) is 0 Å². The summed E-state index contributed by atoms with van der Waals surface area (Å²) in [4.78, 5) is 6.92. The molecule has 4 heteroatoms. The van der Waals surface area contributed by atoms with Gasteiger partial charge in [-0.05, 0) is 43.0 Å². The molecule has 2 aromatic rings. The van der Waals surface area contributed by atoms with Crippen molar-refractivity contribution in [1.82, 2.24) is 4.98 Å². The average Bonchev–Trinajstić information content (AvgIpc) is 3.07. The van der Waals surface area contributed by atoms with Gasteiger partial charge in [-0.1, -0.05) is 0 Å². The topological polar surface area (TPSA) is 55.3 Å². The number of nitrogens with zero attached hydrogens (tertiary/aromatic N) is 2. The molecule has 0 fully saturated rings. The summed E-state index contributed by atoms with van der Waals surface area (Å²) in [5.41, 5.74) is 9.59. The molecule has 3 rings (SSSR count). The smallest absolute Gasteiger partial charge is 0.133 e. The van der Waals surface area contributed by atoms with Crippen LogP contribution < -0.4 is 10.6 Å². The van der Waals surface area contributed by atoms with Crippen LogP contribution in [-0.2, 0) is 25.9 Å². The predicted octanol–water partition coefficient (Wildman–Crippen LogP) is 2.26. The molecule has 2 aromatic heterocycles. The largest absolute Gasteiger partial charge is 0.467 e. The minimum atomic E-state index is 0.526. The van der Waals surface area contributed by atoms with Crippen LogP contribution in [0.3, 0.4) is 0 Å². The first-order valence-electron chi connectivity index (χ1n) is 6.73. The van der Waals surface area contributed by atoms with Gasteiger partial charge in [-0.15, -0.1) is 0 Å². The molecule has 2 N–H and O–H groups in total. The van der Waals surface area contributed by atoms with Gasteiger partial charge in [-0.25, -0.2) is 4.98 Å². The Morgan fingerprint density at radius 1 is 1.42 bits per heavy atom. The molecule has 0 amide bonds. The van der Waals surface area contributed by atoms with Gasteiger partial charge in [-0.2, -0.15) is 0 Å². The molecule has 0 saturated heterocycles. The molecule has 19 heavy (non-hydrogen) atoms. The van der Waals surface area contributed by atoms with Crippen LogP contribution in [-0.4, -0.2) is 12.0 Å². The van der Waals surface area contributed by atoms with Gasteiger partial charge in [0.25, 0.3) is 0 Å². The van der Waals surface area contributed by atoms with Gasteiger partial charge in [-0.3, -0.25) is 0 Å². The maximum absolute atomic E-state index is 5.87. The Bertz CT molecular complexity index is 563. The first-order chi connectivity index (χ1) is 9.28. The molecule has 0 aliphatic heterocycles. The average molecular weight is 257 g/mol. The maximum Gasteiger partial charge on any atom is 0.133 e. The van der Waals surface area contributed by atoms with Crippen LogP contribution >= 0.6 is 0 Å². The molecule has 4 nitrogen and oxygen atoms in total. The van der Waals surface area contributed by atoms with E-state index >= 15 is 0 Å². The van der Waals surface area contributed by atoms with E-state index in [1.807, 2.05) is 19.2 Å². The Kier molecular flexibility index (Phi) is 3.25. The van der Waals surface area contributed by atoms with Crippen molar-refractivity contribution in [2.45, 2.75) is 32.4 Å². The van der Waals surface area contributed by atoms with Crippen molar-refractivity contribution in [1.29, 1.82) is 0 Å². The third-order valence-corrected chi connectivity index (χ3v) is 3.66. The van der Waals surface area contributed by atoms with Crippen LogP contribution in [0.4, 0.5) is 5.82 Å². The lowest BCUT2D eigenvalue weighted by atomic mass is 10.1. The van der Waals surface area contributed by atoms with Crippen molar-refractivity contribution in [3.8, 4) is 0 Å². The zero-order valence-electron chi connectivity index (χ0n) is 11.2. The van der Waals surface area contributed by atoms with Gasteiger partial charge in [0.05, 0.1) is 12.8 Å². The van der Waals surface area contributed by atoms with E-state index in [4.69, 9.17) is 15.1 Å². The number of anilines is 1. The lowest BCUT2D eigenvalue weighted by molar-refractivity contribution is 0.506. The minimum absolute atomic E-state index is 0.526. The Morgan fingerprint density at radius 3 is 3.05 bits per heavy atom. The fourth-order valence-corrected chi connectivity index (χ4v) is 2.70. The Balaban J connectivity index is 1.90. The Labute approximate surface area is 113 Å². The molecular formula is C15H19N3O. The van der Waals surface area contributed by atoms with E-state index in [0.717, 1.165) is 30.0 Å². The number of aromatic nitrogens is 1. The summed E-state index contributed by atoms with van der Waals surface area (Å²) in [6.07, 6.45) is 5.13. The number of aryl methyl sites for hydroxylation is 2. The van der Waals surface area contributed by atoms with E-state index in [1.54, 1.807) is 6.26 Å². The minimum Gasteiger partial charge on any atom is -0.467 e. The molecule has 100 valence electrons. The van der Waals surface area contributed by atoms with Crippen LogP contribution in [0.15, 0.2) is 28.9 Å². The molecule has 0 radical (unpaired) electrons. The fraction of sp³-hybridized carbons (Fsp3) is 0.400. The van der Waals surface area contributed by atoms with E-state index < -0.39 is 0 Å². The number of rotatable bonds is 4. The van der Waals surface area contributed by atoms with Crippen molar-refractivity contribution >= 4 is 5.82 Å². The van der Waals surface area contributed by atoms with E-state index in [2.05, 4.69) is 11.0 Å². The van der Waals surface area contributed by atoms with Crippen LogP contribution in [0.5, 0.6) is 0 Å². The number of fused-ring (bicyclic) bond motifs is 1. The summed E-state index contributed by atoms with van der Waals surface area (Å²) in [7, 11) is 2.03. The quantitative estimate of drug-likeness (QED) is 0.912. The van der Waals surface area contributed by atoms with Gasteiger partial charge in [0, 0.05) is 24.8 Å². The monoisotopic (exact) mass is 257 g/mol. The Hall–Kier alpha value is -1.81. The molecular weight excluding hydrogens is 238 g/mol. The number of nitrogens with two attached hydrogens (primary N) is 1. The van der Waals surface area contributed by atoms with Crippen molar-refractivity contribution in [3.05, 3.63) is 47.0 Å². The molecule has 0 aromatic carbocycles. The number of hydrogen-bond acceptors (Lipinski definition) is 4. The van der Waals surface area contributed by atoms with E-state index in [-0.39, 0.29) is 0 Å². The molecule has 0 spiro atoms. The molecule has 0 unspecified atom stereocenters. The zero-order valence-corrected chi connectivity index (χ0v) is 11.2. The maximum atomic E-state index is 5.87. The first kappa shape index (κ1) is 12.2. The summed E-state index contributed by atoms with van der Waals surface area (Å²) < 4.78 is 5.39. The second kappa shape index (κ2) is 5.05. The summed E-state index contributed by atoms with van der Waals surface area (Å²) in [6.45, 7) is 1.24. The van der Waals surface area contributed by atoms with Crippen molar-refractivity contribution in [2.75, 3.05) is 11.9 Å². The van der Waals surface area contributed by atoms with E-state index in [9.17, 15) is 0 Å². The van der Waals surface area contributed by atoms with Crippen molar-refractivity contribution in [3.63, 3.8) is 0 Å². The summed E-state index contributed by atoms with van der Waals surface area (Å²) >= 11 is 0. The van der Waals surface area contributed by atoms with Gasteiger partial charge < -0.3 is 15.1 Å². The third-order valence-electron chi connectivity index (χ3n) is 3.66. The van der Waals surface area contributed by atoms with Crippen LogP contribution in [0, 0.1) is 0 Å². The first-order valence-corrected chi connectivity index (χ1v) is 6.73. The van der Waals surface area contributed by atoms with Gasteiger partial charge >= 0.3 is 0 Å². The second-order valence-electron chi connectivity index (χ2n) is 5.07. The van der Waals surface area contributed by atoms with E-state index in [1.165, 1.54) is 17.7 Å². The molecule has 2 heterocycles. The molecule has 0 atom stereocenters. The standard InChI is InChI=1S/C15H19N3O/c1-18(10-13-5-3-7-19-13)15-12(9-16)8-11-4-2-6-14(11)17-15/h3,5,7-8H,2,4,6,9-10,16H2,1H3. The highest BCUT2D eigenvalue weighted by molar-refractivity contribution is 5.50. The highest BCUT2D eigenvalue weighted by Gasteiger charge is 2.18. The lowest BCUT2D eigenvalue weighted by Gasteiger charge is -2.21. The summed E-state index contributed by atoms with van der Waals surface area (Å²) in [5, 5.41) is 0. The van der Waals surface area contributed by atoms with Crippen molar-refractivity contribution in [2.24, 2.45) is 5.73 Å². The third kappa shape index (κ3) is 2.36. The number of pyridine rings is 1. The molecule has 1 aliphatic rings. The van der Waals surface area contributed by atoms with E-state index in [0.29, 0.717) is 13.1 Å². The predicted molar refractivity (Wildman–Crippen MR) is 75.0 cm³/mol. The van der Waals surface area contributed by atoms with Gasteiger partial charge in [0.1, 0.15) is 11.6 Å². The summed E-state index contributed by atoms with van der Waals surface area (Å²) in [5.74, 6) is 1.92. The normalized spacial score (nSPS) is 13.6. The van der Waals surface area contributed by atoms with Crippen LogP contribution in [0.1, 0.15) is 29.0 Å². The second-order valence-corrected chi connectivity index (χ2v) is 5.07. The molecule has 1 aliphatic carbocycles. The number of hydrogen-bond donors (Lipinski definition) is 1. The molecule has 0 saturated carbocycles. The zero-order chi connectivity index (χ0) is 13.2.